The number of aromatic amines is 1. The van der Waals surface area contributed by atoms with Crippen LogP contribution in [0.25, 0.3) is 0 Å². The maximum atomic E-state index is 11.4. The van der Waals surface area contributed by atoms with Crippen molar-refractivity contribution in [1.29, 1.82) is 0 Å². The van der Waals surface area contributed by atoms with Gasteiger partial charge in [-0.15, -0.1) is 0 Å². The molecule has 0 spiro atoms. The average molecular weight is 295 g/mol. The normalized spacial score (nSPS) is 17.0. The molecule has 0 radical (unpaired) electrons. The quantitative estimate of drug-likeness (QED) is 0.622. The third-order valence-electron chi connectivity index (χ3n) is 2.44. The van der Waals surface area contributed by atoms with E-state index in [1.807, 2.05) is 6.92 Å². The van der Waals surface area contributed by atoms with Crippen molar-refractivity contribution in [2.24, 2.45) is 9.98 Å². The van der Waals surface area contributed by atoms with E-state index in [0.29, 0.717) is 6.54 Å². The summed E-state index contributed by atoms with van der Waals surface area (Å²) in [6, 6.07) is 0. The highest BCUT2D eigenvalue weighted by molar-refractivity contribution is 7.98. The third-order valence-corrected chi connectivity index (χ3v) is 3.59. The highest BCUT2D eigenvalue weighted by atomic mass is 32.2. The number of aliphatic imine (C=N–C) groups is 2. The topological polar surface area (TPSA) is 82.5 Å². The number of rotatable bonds is 5. The van der Waals surface area contributed by atoms with Gasteiger partial charge in [-0.2, -0.15) is 11.8 Å². The molecule has 0 fully saturated rings. The number of imidazole rings is 1. The molecule has 1 aliphatic heterocycles. The molecular formula is C11H13N5OS2. The van der Waals surface area contributed by atoms with Crippen LogP contribution in [0.2, 0.25) is 0 Å². The summed E-state index contributed by atoms with van der Waals surface area (Å²) in [5, 5.41) is 2.96. The smallest absolute Gasteiger partial charge is 0.239 e. The molecule has 0 amide bonds. The van der Waals surface area contributed by atoms with Crippen LogP contribution in [0.15, 0.2) is 16.3 Å². The standard InChI is InChI=1S/C11H13N5OS2/c1-7-8(15-6-14-7)5-19-3-2-12-10-9(17)4-13-11(18)16-10/h4,6H,2-3,5H2,1H3,(H,14,15)(H,12,16,18). The molecule has 100 valence electrons. The minimum Gasteiger partial charge on any atom is -0.348 e. The largest absolute Gasteiger partial charge is 0.348 e. The Morgan fingerprint density at radius 3 is 3.11 bits per heavy atom. The fraction of sp³-hybridized carbons (Fsp3) is 0.364. The van der Waals surface area contributed by atoms with Crippen molar-refractivity contribution in [1.82, 2.24) is 15.3 Å². The third kappa shape index (κ3) is 3.97. The number of amidine groups is 1. The number of carbonyl (C=O) groups is 1. The molecule has 2 rings (SSSR count). The number of nitrogens with one attached hydrogen (secondary N) is 2. The number of hydrogen-bond donors (Lipinski definition) is 2. The van der Waals surface area contributed by atoms with Crippen molar-refractivity contribution in [3.05, 3.63) is 17.7 Å². The summed E-state index contributed by atoms with van der Waals surface area (Å²) in [6.45, 7) is 2.55. The molecule has 1 aromatic rings. The van der Waals surface area contributed by atoms with Gasteiger partial charge in [-0.1, -0.05) is 0 Å². The Bertz CT molecular complexity index is 549. The van der Waals surface area contributed by atoms with Crippen LogP contribution in [0.5, 0.6) is 0 Å². The first-order valence-corrected chi connectivity index (χ1v) is 7.23. The predicted molar refractivity (Wildman–Crippen MR) is 81.0 cm³/mol. The zero-order valence-electron chi connectivity index (χ0n) is 10.3. The van der Waals surface area contributed by atoms with Gasteiger partial charge in [-0.05, 0) is 19.1 Å². The van der Waals surface area contributed by atoms with Crippen LogP contribution in [-0.4, -0.2) is 45.2 Å². The Hall–Kier alpha value is -1.54. The van der Waals surface area contributed by atoms with Crippen molar-refractivity contribution >= 4 is 46.9 Å². The van der Waals surface area contributed by atoms with Gasteiger partial charge in [0.15, 0.2) is 10.9 Å². The molecule has 1 aromatic heterocycles. The van der Waals surface area contributed by atoms with E-state index in [1.165, 1.54) is 6.21 Å². The molecule has 0 saturated heterocycles. The molecule has 0 bridgehead atoms. The molecular weight excluding hydrogens is 282 g/mol. The minimum atomic E-state index is -0.234. The van der Waals surface area contributed by atoms with E-state index in [9.17, 15) is 4.79 Å². The lowest BCUT2D eigenvalue weighted by Crippen LogP contribution is -2.39. The molecule has 8 heteroatoms. The van der Waals surface area contributed by atoms with Crippen LogP contribution in [0.4, 0.5) is 0 Å². The lowest BCUT2D eigenvalue weighted by molar-refractivity contribution is -0.107. The summed E-state index contributed by atoms with van der Waals surface area (Å²) in [5.74, 6) is 1.69. The van der Waals surface area contributed by atoms with E-state index in [2.05, 4.69) is 25.3 Å². The SMILES string of the molecule is Cc1[nH]cnc1CSCCN=C1NC(=S)N=CC1=O. The molecule has 19 heavy (non-hydrogen) atoms. The monoisotopic (exact) mass is 295 g/mol. The van der Waals surface area contributed by atoms with E-state index in [1.54, 1.807) is 18.1 Å². The Labute approximate surface area is 120 Å². The number of Topliss-reactive ketones (excluding diaryl/α,β-unsaturated/α-hetero) is 1. The van der Waals surface area contributed by atoms with Crippen molar-refractivity contribution in [3.8, 4) is 0 Å². The van der Waals surface area contributed by atoms with Gasteiger partial charge in [-0.25, -0.2) is 9.98 Å². The summed E-state index contributed by atoms with van der Waals surface area (Å²) >= 11 is 6.57. The second-order valence-electron chi connectivity index (χ2n) is 3.81. The number of nitrogens with zero attached hydrogens (tertiary/aromatic N) is 3. The number of H-pyrrole nitrogens is 1. The molecule has 0 aliphatic carbocycles. The highest BCUT2D eigenvalue weighted by Crippen LogP contribution is 2.12. The van der Waals surface area contributed by atoms with Crippen LogP contribution in [0.1, 0.15) is 11.4 Å². The van der Waals surface area contributed by atoms with Gasteiger partial charge in [-0.3, -0.25) is 9.79 Å². The lowest BCUT2D eigenvalue weighted by atomic mass is 10.3. The lowest BCUT2D eigenvalue weighted by Gasteiger charge is -2.09. The average Bonchev–Trinajstić information content (AvgIpc) is 2.79. The zero-order chi connectivity index (χ0) is 13.7. The summed E-state index contributed by atoms with van der Waals surface area (Å²) in [5.41, 5.74) is 2.14. The number of thioether (sulfide) groups is 1. The fourth-order valence-electron chi connectivity index (χ4n) is 1.41. The van der Waals surface area contributed by atoms with Gasteiger partial charge < -0.3 is 10.3 Å². The Morgan fingerprint density at radius 1 is 1.53 bits per heavy atom. The van der Waals surface area contributed by atoms with Gasteiger partial charge >= 0.3 is 0 Å². The van der Waals surface area contributed by atoms with E-state index in [0.717, 1.165) is 22.9 Å². The first-order chi connectivity index (χ1) is 9.16. The molecule has 2 N–H and O–H groups in total. The van der Waals surface area contributed by atoms with E-state index in [4.69, 9.17) is 12.2 Å². The Kier molecular flexibility index (Phi) is 4.80. The number of aryl methyl sites for hydroxylation is 1. The summed E-state index contributed by atoms with van der Waals surface area (Å²) < 4.78 is 0. The van der Waals surface area contributed by atoms with Gasteiger partial charge in [0.25, 0.3) is 0 Å². The predicted octanol–water partition coefficient (Wildman–Crippen LogP) is 0.878. The van der Waals surface area contributed by atoms with Gasteiger partial charge in [0, 0.05) is 17.2 Å². The van der Waals surface area contributed by atoms with Crippen molar-refractivity contribution in [2.75, 3.05) is 12.3 Å². The van der Waals surface area contributed by atoms with Crippen molar-refractivity contribution in [2.45, 2.75) is 12.7 Å². The molecule has 0 unspecified atom stereocenters. The molecule has 0 saturated carbocycles. The number of thiocarbonyl (C=S) groups is 1. The van der Waals surface area contributed by atoms with Crippen LogP contribution in [0, 0.1) is 6.92 Å². The van der Waals surface area contributed by atoms with Crippen molar-refractivity contribution < 1.29 is 4.79 Å². The maximum Gasteiger partial charge on any atom is 0.239 e. The Balaban J connectivity index is 1.75. The first-order valence-electron chi connectivity index (χ1n) is 5.67. The van der Waals surface area contributed by atoms with Crippen LogP contribution in [-0.2, 0) is 10.5 Å². The van der Waals surface area contributed by atoms with Crippen LogP contribution >= 0.6 is 24.0 Å². The molecule has 0 atom stereocenters. The Morgan fingerprint density at radius 2 is 2.37 bits per heavy atom. The minimum absolute atomic E-state index is 0.234. The second-order valence-corrected chi connectivity index (χ2v) is 5.30. The zero-order valence-corrected chi connectivity index (χ0v) is 12.0. The number of hydrogen-bond acceptors (Lipinski definition) is 5. The van der Waals surface area contributed by atoms with Crippen molar-refractivity contribution in [3.63, 3.8) is 0 Å². The molecule has 2 heterocycles. The first kappa shape index (κ1) is 13.9. The second kappa shape index (κ2) is 6.58. The molecule has 6 nitrogen and oxygen atoms in total. The van der Waals surface area contributed by atoms with Gasteiger partial charge in [0.1, 0.15) is 0 Å². The van der Waals surface area contributed by atoms with E-state index >= 15 is 0 Å². The number of aromatic nitrogens is 2. The molecule has 1 aliphatic rings. The maximum absolute atomic E-state index is 11.4. The fourth-order valence-corrected chi connectivity index (χ4v) is 2.41. The van der Waals surface area contributed by atoms with E-state index in [-0.39, 0.29) is 16.7 Å². The molecule has 0 aromatic carbocycles. The number of ketones is 1. The number of carbonyl (C=O) groups excluding carboxylic acids is 1. The van der Waals surface area contributed by atoms with Crippen LogP contribution in [0.3, 0.4) is 0 Å². The van der Waals surface area contributed by atoms with E-state index < -0.39 is 0 Å². The highest BCUT2D eigenvalue weighted by Gasteiger charge is 2.14. The van der Waals surface area contributed by atoms with Gasteiger partial charge in [0.2, 0.25) is 5.78 Å². The summed E-state index contributed by atoms with van der Waals surface area (Å²) in [7, 11) is 0. The van der Waals surface area contributed by atoms with Crippen LogP contribution < -0.4 is 5.32 Å². The summed E-state index contributed by atoms with van der Waals surface area (Å²) in [6.07, 6.45) is 2.88. The summed E-state index contributed by atoms with van der Waals surface area (Å²) in [4.78, 5) is 26.5. The van der Waals surface area contributed by atoms with Gasteiger partial charge in [0.05, 0.1) is 24.8 Å².